The van der Waals surface area contributed by atoms with E-state index in [1.807, 2.05) is 55.6 Å². The van der Waals surface area contributed by atoms with Crippen LogP contribution < -0.4 is 14.9 Å². The molecular formula is C29H35N5O2S. The fraction of sp³-hybridized carbons (Fsp3) is 0.379. The standard InChI is InChI=1S/C29H35N5O2S/c1-3-34(2)28-25-12-6-7-13-26(25)32-29(33-28)30-19-21-15-17-22(18-16-21)20-31-37(35,36)27-14-8-10-23-9-4-5-11-24(23)27/h4-14,21-22,31H,3,15-20H2,1-2H3,(H,30,32,33)/t21-,22-. The van der Waals surface area contributed by atoms with Gasteiger partial charge in [-0.05, 0) is 68.0 Å². The van der Waals surface area contributed by atoms with Crippen LogP contribution in [0.15, 0.2) is 71.6 Å². The Morgan fingerprint density at radius 1 is 0.838 bits per heavy atom. The number of nitrogens with zero attached hydrogens (tertiary/aromatic N) is 3. The van der Waals surface area contributed by atoms with Crippen LogP contribution in [0, 0.1) is 11.8 Å². The first kappa shape index (κ1) is 25.4. The zero-order valence-electron chi connectivity index (χ0n) is 21.5. The molecule has 1 saturated carbocycles. The van der Waals surface area contributed by atoms with Gasteiger partial charge in [-0.25, -0.2) is 18.1 Å². The molecule has 0 saturated heterocycles. The highest BCUT2D eigenvalue weighted by Crippen LogP contribution is 2.30. The van der Waals surface area contributed by atoms with Crippen molar-refractivity contribution in [1.82, 2.24) is 14.7 Å². The van der Waals surface area contributed by atoms with Crippen LogP contribution in [0.1, 0.15) is 32.6 Å². The average Bonchev–Trinajstić information content (AvgIpc) is 2.94. The second-order valence-corrected chi connectivity index (χ2v) is 11.7. The molecule has 0 radical (unpaired) electrons. The van der Waals surface area contributed by atoms with Crippen molar-refractivity contribution < 1.29 is 8.42 Å². The number of aromatic nitrogens is 2. The van der Waals surface area contributed by atoms with Crippen molar-refractivity contribution in [3.63, 3.8) is 0 Å². The van der Waals surface area contributed by atoms with E-state index in [0.717, 1.165) is 66.3 Å². The maximum Gasteiger partial charge on any atom is 0.241 e. The van der Waals surface area contributed by atoms with Gasteiger partial charge in [-0.1, -0.05) is 48.5 Å². The molecular weight excluding hydrogens is 482 g/mol. The van der Waals surface area contributed by atoms with Crippen LogP contribution in [0.5, 0.6) is 0 Å². The van der Waals surface area contributed by atoms with Crippen molar-refractivity contribution in [3.8, 4) is 0 Å². The highest BCUT2D eigenvalue weighted by molar-refractivity contribution is 7.89. The van der Waals surface area contributed by atoms with Crippen molar-refractivity contribution in [1.29, 1.82) is 0 Å². The summed E-state index contributed by atoms with van der Waals surface area (Å²) in [6.45, 7) is 4.29. The molecule has 1 fully saturated rings. The summed E-state index contributed by atoms with van der Waals surface area (Å²) in [6.07, 6.45) is 4.13. The van der Waals surface area contributed by atoms with Crippen molar-refractivity contribution in [2.45, 2.75) is 37.5 Å². The number of fused-ring (bicyclic) bond motifs is 2. The molecule has 194 valence electrons. The third kappa shape index (κ3) is 5.70. The lowest BCUT2D eigenvalue weighted by molar-refractivity contribution is 0.284. The van der Waals surface area contributed by atoms with Gasteiger partial charge in [0.15, 0.2) is 0 Å². The predicted octanol–water partition coefficient (Wildman–Crippen LogP) is 5.44. The number of nitrogens with one attached hydrogen (secondary N) is 2. The Hall–Kier alpha value is -3.23. The number of hydrogen-bond donors (Lipinski definition) is 2. The minimum absolute atomic E-state index is 0.350. The first-order valence-corrected chi connectivity index (χ1v) is 14.6. The van der Waals surface area contributed by atoms with Crippen LogP contribution in [0.4, 0.5) is 11.8 Å². The molecule has 0 spiro atoms. The maximum absolute atomic E-state index is 13.1. The fourth-order valence-electron chi connectivity index (χ4n) is 5.19. The molecule has 2 N–H and O–H groups in total. The fourth-order valence-corrected chi connectivity index (χ4v) is 6.53. The summed E-state index contributed by atoms with van der Waals surface area (Å²) >= 11 is 0. The second-order valence-electron chi connectivity index (χ2n) is 10.00. The smallest absolute Gasteiger partial charge is 0.241 e. The first-order chi connectivity index (χ1) is 17.9. The van der Waals surface area contributed by atoms with Crippen molar-refractivity contribution >= 4 is 43.5 Å². The summed E-state index contributed by atoms with van der Waals surface area (Å²) in [4.78, 5) is 12.0. The van der Waals surface area contributed by atoms with Gasteiger partial charge in [-0.3, -0.25) is 0 Å². The quantitative estimate of drug-likeness (QED) is 0.308. The van der Waals surface area contributed by atoms with E-state index >= 15 is 0 Å². The molecule has 7 nitrogen and oxygen atoms in total. The molecule has 1 aliphatic rings. The Morgan fingerprint density at radius 3 is 2.24 bits per heavy atom. The summed E-state index contributed by atoms with van der Waals surface area (Å²) in [5, 5.41) is 6.23. The number of benzene rings is 3. The number of sulfonamides is 1. The van der Waals surface area contributed by atoms with E-state index in [4.69, 9.17) is 9.97 Å². The zero-order valence-corrected chi connectivity index (χ0v) is 22.3. The summed E-state index contributed by atoms with van der Waals surface area (Å²) in [6, 6.07) is 21.2. The Balaban J connectivity index is 1.16. The lowest BCUT2D eigenvalue weighted by atomic mass is 9.82. The summed E-state index contributed by atoms with van der Waals surface area (Å²) in [5.74, 6) is 2.48. The van der Waals surface area contributed by atoms with Gasteiger partial charge in [0.25, 0.3) is 0 Å². The molecule has 0 unspecified atom stereocenters. The Labute approximate surface area is 219 Å². The molecule has 0 bridgehead atoms. The summed E-state index contributed by atoms with van der Waals surface area (Å²) in [5.41, 5.74) is 0.942. The van der Waals surface area contributed by atoms with Crippen molar-refractivity contribution in [3.05, 3.63) is 66.7 Å². The van der Waals surface area contributed by atoms with Gasteiger partial charge in [-0.15, -0.1) is 0 Å². The Kier molecular flexibility index (Phi) is 7.58. The number of rotatable bonds is 9. The number of hydrogen-bond acceptors (Lipinski definition) is 6. The molecule has 3 aromatic carbocycles. The van der Waals surface area contributed by atoms with E-state index < -0.39 is 10.0 Å². The van der Waals surface area contributed by atoms with Gasteiger partial charge in [-0.2, -0.15) is 4.98 Å². The molecule has 8 heteroatoms. The van der Waals surface area contributed by atoms with Gasteiger partial charge in [0, 0.05) is 37.5 Å². The molecule has 4 aromatic rings. The molecule has 1 aliphatic carbocycles. The average molecular weight is 518 g/mol. The van der Waals surface area contributed by atoms with E-state index in [-0.39, 0.29) is 0 Å². The summed E-state index contributed by atoms with van der Waals surface area (Å²) in [7, 11) is -1.51. The van der Waals surface area contributed by atoms with Gasteiger partial charge >= 0.3 is 0 Å². The molecule has 5 rings (SSSR count). The van der Waals surface area contributed by atoms with E-state index in [1.54, 1.807) is 12.1 Å². The third-order valence-corrected chi connectivity index (χ3v) is 9.02. The molecule has 0 atom stereocenters. The van der Waals surface area contributed by atoms with Gasteiger partial charge in [0.2, 0.25) is 16.0 Å². The van der Waals surface area contributed by atoms with Gasteiger partial charge in [0.05, 0.1) is 10.4 Å². The van der Waals surface area contributed by atoms with E-state index in [9.17, 15) is 8.42 Å². The first-order valence-electron chi connectivity index (χ1n) is 13.1. The van der Waals surface area contributed by atoms with Crippen LogP contribution >= 0.6 is 0 Å². The largest absolute Gasteiger partial charge is 0.359 e. The number of anilines is 2. The van der Waals surface area contributed by atoms with E-state index in [2.05, 4.69) is 27.9 Å². The minimum atomic E-state index is -3.56. The third-order valence-electron chi connectivity index (χ3n) is 7.54. The summed E-state index contributed by atoms with van der Waals surface area (Å²) < 4.78 is 29.0. The zero-order chi connectivity index (χ0) is 25.8. The molecule has 0 aliphatic heterocycles. The van der Waals surface area contributed by atoms with Crippen molar-refractivity contribution in [2.75, 3.05) is 36.9 Å². The van der Waals surface area contributed by atoms with Gasteiger partial charge < -0.3 is 10.2 Å². The molecule has 0 amide bonds. The Bertz CT molecular complexity index is 1480. The lowest BCUT2D eigenvalue weighted by Gasteiger charge is -2.29. The normalized spacial score (nSPS) is 18.2. The SMILES string of the molecule is CCN(C)c1nc(NC[C@H]2CC[C@H](CNS(=O)(=O)c3cccc4ccccc34)CC2)nc2ccccc12. The van der Waals surface area contributed by atoms with Crippen molar-refractivity contribution in [2.24, 2.45) is 11.8 Å². The van der Waals surface area contributed by atoms with E-state index in [0.29, 0.717) is 29.2 Å². The highest BCUT2D eigenvalue weighted by Gasteiger charge is 2.24. The second kappa shape index (κ2) is 11.0. The predicted molar refractivity (Wildman–Crippen MR) is 152 cm³/mol. The van der Waals surface area contributed by atoms with Crippen LogP contribution in [0.2, 0.25) is 0 Å². The lowest BCUT2D eigenvalue weighted by Crippen LogP contribution is -2.32. The van der Waals surface area contributed by atoms with Crippen LogP contribution in [-0.2, 0) is 10.0 Å². The monoisotopic (exact) mass is 517 g/mol. The highest BCUT2D eigenvalue weighted by atomic mass is 32.2. The van der Waals surface area contributed by atoms with Gasteiger partial charge in [0.1, 0.15) is 5.82 Å². The van der Waals surface area contributed by atoms with Crippen LogP contribution in [0.3, 0.4) is 0 Å². The van der Waals surface area contributed by atoms with E-state index in [1.165, 1.54) is 0 Å². The molecule has 1 aromatic heterocycles. The van der Waals surface area contributed by atoms with Crippen LogP contribution in [0.25, 0.3) is 21.7 Å². The maximum atomic E-state index is 13.1. The topological polar surface area (TPSA) is 87.2 Å². The Morgan fingerprint density at radius 2 is 1.49 bits per heavy atom. The van der Waals surface area contributed by atoms with Crippen LogP contribution in [-0.4, -0.2) is 45.1 Å². The molecule has 37 heavy (non-hydrogen) atoms. The number of para-hydroxylation sites is 1. The minimum Gasteiger partial charge on any atom is -0.359 e. The molecule has 1 heterocycles.